The number of hydrogen-bond donors (Lipinski definition) is 2. The predicted molar refractivity (Wildman–Crippen MR) is 75.9 cm³/mol. The van der Waals surface area contributed by atoms with E-state index in [2.05, 4.69) is 0 Å². The van der Waals surface area contributed by atoms with Crippen LogP contribution in [0.15, 0.2) is 10.9 Å². The molecule has 0 radical (unpaired) electrons. The van der Waals surface area contributed by atoms with Crippen LogP contribution in [-0.2, 0) is 17.9 Å². The lowest BCUT2D eigenvalue weighted by Gasteiger charge is -2.23. The van der Waals surface area contributed by atoms with E-state index in [9.17, 15) is 14.7 Å². The summed E-state index contributed by atoms with van der Waals surface area (Å²) in [6.45, 7) is 6.61. The molecule has 1 rings (SSSR count). The zero-order chi connectivity index (χ0) is 15.4. The lowest BCUT2D eigenvalue weighted by molar-refractivity contribution is -0.138. The smallest absolute Gasteiger partial charge is 0.317 e. The number of aryl methyl sites for hydroxylation is 1. The number of rotatable bonds is 6. The summed E-state index contributed by atoms with van der Waals surface area (Å²) < 4.78 is 1.87. The first-order chi connectivity index (χ1) is 9.22. The van der Waals surface area contributed by atoms with Crippen LogP contribution in [0.1, 0.15) is 25.2 Å². The molecule has 0 aromatic carbocycles. The summed E-state index contributed by atoms with van der Waals surface area (Å²) >= 11 is 0. The second kappa shape index (κ2) is 6.56. The number of aliphatic carboxylic acids is 1. The maximum Gasteiger partial charge on any atom is 0.317 e. The number of aromatic hydroxyl groups is 1. The zero-order valence-corrected chi connectivity index (χ0v) is 12.4. The highest BCUT2D eigenvalue weighted by Crippen LogP contribution is 2.18. The molecule has 0 fully saturated rings. The van der Waals surface area contributed by atoms with Gasteiger partial charge in [0, 0.05) is 24.8 Å². The molecule has 112 valence electrons. The molecular formula is C14H22N2O4. The zero-order valence-electron chi connectivity index (χ0n) is 12.4. The molecule has 20 heavy (non-hydrogen) atoms. The first kappa shape index (κ1) is 16.2. The Morgan fingerprint density at radius 1 is 1.45 bits per heavy atom. The van der Waals surface area contributed by atoms with E-state index in [0.717, 1.165) is 5.69 Å². The van der Waals surface area contributed by atoms with Gasteiger partial charge in [-0.2, -0.15) is 0 Å². The van der Waals surface area contributed by atoms with Crippen LogP contribution in [0.5, 0.6) is 5.75 Å². The van der Waals surface area contributed by atoms with Crippen molar-refractivity contribution >= 4 is 5.97 Å². The van der Waals surface area contributed by atoms with Crippen LogP contribution in [0.25, 0.3) is 0 Å². The number of hydrogen-bond acceptors (Lipinski definition) is 4. The largest absolute Gasteiger partial charge is 0.503 e. The molecule has 0 spiro atoms. The minimum Gasteiger partial charge on any atom is -0.503 e. The molecule has 6 nitrogen and oxygen atoms in total. The fraction of sp³-hybridized carbons (Fsp3) is 0.571. The van der Waals surface area contributed by atoms with Gasteiger partial charge in [0.05, 0.1) is 12.2 Å². The van der Waals surface area contributed by atoms with E-state index in [1.807, 2.05) is 25.3 Å². The average molecular weight is 282 g/mol. The standard InChI is InChI=1S/C14H22N2O4/c1-9(2)6-16-10(3)5-12(17)14(20)11(16)7-15(4)8-13(18)19/h5,9,20H,6-8H2,1-4H3,(H,18,19). The Morgan fingerprint density at radius 2 is 2.05 bits per heavy atom. The molecule has 0 unspecified atom stereocenters. The van der Waals surface area contributed by atoms with E-state index in [4.69, 9.17) is 5.11 Å². The molecule has 1 aromatic rings. The van der Waals surface area contributed by atoms with Crippen LogP contribution in [0.2, 0.25) is 0 Å². The van der Waals surface area contributed by atoms with Crippen molar-refractivity contribution in [2.24, 2.45) is 5.92 Å². The molecule has 0 amide bonds. The van der Waals surface area contributed by atoms with Crippen LogP contribution in [0.4, 0.5) is 0 Å². The van der Waals surface area contributed by atoms with Gasteiger partial charge in [0.25, 0.3) is 0 Å². The van der Waals surface area contributed by atoms with Crippen LogP contribution in [0, 0.1) is 12.8 Å². The van der Waals surface area contributed by atoms with Crippen molar-refractivity contribution < 1.29 is 15.0 Å². The van der Waals surface area contributed by atoms with Crippen molar-refractivity contribution in [3.8, 4) is 5.75 Å². The molecule has 0 aliphatic heterocycles. The van der Waals surface area contributed by atoms with Crippen molar-refractivity contribution in [2.75, 3.05) is 13.6 Å². The third kappa shape index (κ3) is 4.09. The Balaban J connectivity index is 3.20. The minimum absolute atomic E-state index is 0.150. The van der Waals surface area contributed by atoms with Crippen molar-refractivity contribution in [2.45, 2.75) is 33.9 Å². The van der Waals surface area contributed by atoms with Gasteiger partial charge in [0.2, 0.25) is 5.43 Å². The Hall–Kier alpha value is -1.82. The second-order valence-corrected chi connectivity index (χ2v) is 5.52. The van der Waals surface area contributed by atoms with E-state index in [1.165, 1.54) is 6.07 Å². The number of pyridine rings is 1. The molecule has 0 saturated heterocycles. The second-order valence-electron chi connectivity index (χ2n) is 5.52. The van der Waals surface area contributed by atoms with E-state index >= 15 is 0 Å². The molecule has 0 aliphatic rings. The topological polar surface area (TPSA) is 82.8 Å². The van der Waals surface area contributed by atoms with Gasteiger partial charge in [-0.15, -0.1) is 0 Å². The van der Waals surface area contributed by atoms with Gasteiger partial charge >= 0.3 is 5.97 Å². The molecule has 6 heteroatoms. The maximum absolute atomic E-state index is 11.7. The molecular weight excluding hydrogens is 260 g/mol. The van der Waals surface area contributed by atoms with Gasteiger partial charge in [-0.25, -0.2) is 0 Å². The van der Waals surface area contributed by atoms with E-state index < -0.39 is 11.4 Å². The normalized spacial score (nSPS) is 11.3. The third-order valence-electron chi connectivity index (χ3n) is 2.97. The number of carboxylic acid groups (broad SMARTS) is 1. The summed E-state index contributed by atoms with van der Waals surface area (Å²) in [5, 5.41) is 18.8. The Morgan fingerprint density at radius 3 is 2.55 bits per heavy atom. The van der Waals surface area contributed by atoms with Crippen LogP contribution in [0.3, 0.4) is 0 Å². The lowest BCUT2D eigenvalue weighted by Crippen LogP contribution is -2.29. The van der Waals surface area contributed by atoms with Gasteiger partial charge in [-0.3, -0.25) is 14.5 Å². The highest BCUT2D eigenvalue weighted by Gasteiger charge is 2.16. The maximum atomic E-state index is 11.7. The number of carbonyl (C=O) groups is 1. The van der Waals surface area contributed by atoms with E-state index in [-0.39, 0.29) is 18.8 Å². The molecule has 0 atom stereocenters. The van der Waals surface area contributed by atoms with Gasteiger partial charge in [0.15, 0.2) is 5.75 Å². The summed E-state index contributed by atoms with van der Waals surface area (Å²) in [4.78, 5) is 24.0. The van der Waals surface area contributed by atoms with E-state index in [0.29, 0.717) is 18.2 Å². The first-order valence-corrected chi connectivity index (χ1v) is 6.55. The predicted octanol–water partition coefficient (Wildman–Crippen LogP) is 1.03. The molecule has 1 heterocycles. The van der Waals surface area contributed by atoms with Gasteiger partial charge in [0.1, 0.15) is 0 Å². The Bertz CT molecular complexity index is 549. The first-order valence-electron chi connectivity index (χ1n) is 6.55. The molecule has 1 aromatic heterocycles. The number of likely N-dealkylation sites (N-methyl/N-ethyl adjacent to an activating group) is 1. The SMILES string of the molecule is Cc1cc(=O)c(O)c(CN(C)CC(=O)O)n1CC(C)C. The molecule has 0 bridgehead atoms. The monoisotopic (exact) mass is 282 g/mol. The fourth-order valence-corrected chi connectivity index (χ4v) is 2.14. The van der Waals surface area contributed by atoms with Crippen LogP contribution >= 0.6 is 0 Å². The quantitative estimate of drug-likeness (QED) is 0.814. The number of nitrogens with zero attached hydrogens (tertiary/aromatic N) is 2. The van der Waals surface area contributed by atoms with Gasteiger partial charge in [-0.1, -0.05) is 13.8 Å². The summed E-state index contributed by atoms with van der Waals surface area (Å²) in [7, 11) is 1.64. The van der Waals surface area contributed by atoms with Crippen molar-refractivity contribution in [1.29, 1.82) is 0 Å². The number of carboxylic acids is 1. The lowest BCUT2D eigenvalue weighted by atomic mass is 10.1. The fourth-order valence-electron chi connectivity index (χ4n) is 2.14. The molecule has 0 saturated carbocycles. The molecule has 2 N–H and O–H groups in total. The minimum atomic E-state index is -0.947. The van der Waals surface area contributed by atoms with E-state index in [1.54, 1.807) is 11.9 Å². The van der Waals surface area contributed by atoms with Gasteiger partial charge in [-0.05, 0) is 19.9 Å². The summed E-state index contributed by atoms with van der Waals surface area (Å²) in [5.74, 6) is -0.898. The summed E-state index contributed by atoms with van der Waals surface area (Å²) in [5.41, 5.74) is 0.800. The molecule has 0 aliphatic carbocycles. The Kier molecular flexibility index (Phi) is 5.33. The third-order valence-corrected chi connectivity index (χ3v) is 2.97. The van der Waals surface area contributed by atoms with Crippen molar-refractivity contribution in [1.82, 2.24) is 9.47 Å². The summed E-state index contributed by atoms with van der Waals surface area (Å²) in [6, 6.07) is 1.40. The van der Waals surface area contributed by atoms with Gasteiger partial charge < -0.3 is 14.8 Å². The van der Waals surface area contributed by atoms with Crippen LogP contribution in [-0.4, -0.2) is 39.2 Å². The average Bonchev–Trinajstić information content (AvgIpc) is 2.29. The highest BCUT2D eigenvalue weighted by molar-refractivity contribution is 5.69. The highest BCUT2D eigenvalue weighted by atomic mass is 16.4. The van der Waals surface area contributed by atoms with Crippen molar-refractivity contribution in [3.05, 3.63) is 27.7 Å². The van der Waals surface area contributed by atoms with Crippen molar-refractivity contribution in [3.63, 3.8) is 0 Å². The van der Waals surface area contributed by atoms with Crippen LogP contribution < -0.4 is 5.43 Å². The Labute approximate surface area is 118 Å². The summed E-state index contributed by atoms with van der Waals surface area (Å²) in [6.07, 6.45) is 0. The number of aromatic nitrogens is 1.